The first-order chi connectivity index (χ1) is 16.7. The standard InChI is InChI=1S/C29H33FN2O3/c1-19(2)15-27(22-10-12-23(30)13-11-22)32-29(34)26-17-21(18-35-24-7-5-4-6-8-24)9-14-25(26)20(3)16-28(31)33/h4-14,17,19-20,27H,15-16,18H2,1-3H3,(H2,31,33)(H,32,34). The van der Waals surface area contributed by atoms with Crippen molar-refractivity contribution < 1.29 is 18.7 Å². The number of halogens is 1. The Balaban J connectivity index is 1.90. The Hall–Kier alpha value is -3.67. The maximum Gasteiger partial charge on any atom is 0.252 e. The number of nitrogens with two attached hydrogens (primary N) is 1. The number of amides is 2. The maximum absolute atomic E-state index is 13.6. The summed E-state index contributed by atoms with van der Waals surface area (Å²) >= 11 is 0. The highest BCUT2D eigenvalue weighted by Crippen LogP contribution is 2.27. The van der Waals surface area contributed by atoms with Crippen molar-refractivity contribution in [3.63, 3.8) is 0 Å². The monoisotopic (exact) mass is 476 g/mol. The highest BCUT2D eigenvalue weighted by Gasteiger charge is 2.22. The van der Waals surface area contributed by atoms with E-state index in [1.54, 1.807) is 12.1 Å². The number of carbonyl (C=O) groups is 2. The second kappa shape index (κ2) is 12.2. The molecular formula is C29H33FN2O3. The molecule has 6 heteroatoms. The van der Waals surface area contributed by atoms with Crippen LogP contribution in [0.15, 0.2) is 72.8 Å². The molecule has 2 amide bonds. The number of benzene rings is 3. The van der Waals surface area contributed by atoms with E-state index < -0.39 is 5.91 Å². The van der Waals surface area contributed by atoms with Gasteiger partial charge in [0.1, 0.15) is 18.2 Å². The Labute approximate surface area is 206 Å². The summed E-state index contributed by atoms with van der Waals surface area (Å²) in [5.41, 5.74) is 8.32. The van der Waals surface area contributed by atoms with Gasteiger partial charge in [0.15, 0.2) is 0 Å². The summed E-state index contributed by atoms with van der Waals surface area (Å²) in [6, 6.07) is 20.9. The van der Waals surface area contributed by atoms with E-state index in [4.69, 9.17) is 10.5 Å². The van der Waals surface area contributed by atoms with Gasteiger partial charge in [-0.1, -0.05) is 63.2 Å². The minimum atomic E-state index is -0.427. The first kappa shape index (κ1) is 25.9. The predicted octanol–water partition coefficient (Wildman–Crippen LogP) is 5.90. The lowest BCUT2D eigenvalue weighted by Crippen LogP contribution is -2.31. The molecule has 35 heavy (non-hydrogen) atoms. The minimum absolute atomic E-state index is 0.132. The van der Waals surface area contributed by atoms with Gasteiger partial charge in [-0.15, -0.1) is 0 Å². The van der Waals surface area contributed by atoms with Crippen molar-refractivity contribution in [2.75, 3.05) is 0 Å². The summed E-state index contributed by atoms with van der Waals surface area (Å²) in [5, 5.41) is 3.13. The average molecular weight is 477 g/mol. The van der Waals surface area contributed by atoms with Gasteiger partial charge in [-0.05, 0) is 65.3 Å². The summed E-state index contributed by atoms with van der Waals surface area (Å²) < 4.78 is 19.4. The molecule has 5 nitrogen and oxygen atoms in total. The fraction of sp³-hybridized carbons (Fsp3) is 0.310. The van der Waals surface area contributed by atoms with Gasteiger partial charge >= 0.3 is 0 Å². The van der Waals surface area contributed by atoms with E-state index in [0.29, 0.717) is 24.5 Å². The zero-order valence-electron chi connectivity index (χ0n) is 20.5. The molecule has 0 aromatic heterocycles. The summed E-state index contributed by atoms with van der Waals surface area (Å²) in [5.74, 6) is -0.192. The molecule has 0 saturated carbocycles. The Bertz CT molecular complexity index is 1130. The van der Waals surface area contributed by atoms with Crippen LogP contribution in [0.4, 0.5) is 4.39 Å². The van der Waals surface area contributed by atoms with Crippen molar-refractivity contribution in [3.8, 4) is 5.75 Å². The third kappa shape index (κ3) is 7.67. The lowest BCUT2D eigenvalue weighted by atomic mass is 9.90. The van der Waals surface area contributed by atoms with Crippen LogP contribution in [-0.4, -0.2) is 11.8 Å². The second-order valence-electron chi connectivity index (χ2n) is 9.30. The molecule has 2 unspecified atom stereocenters. The molecule has 3 aromatic rings. The van der Waals surface area contributed by atoms with Gasteiger partial charge in [-0.2, -0.15) is 0 Å². The molecule has 0 saturated heterocycles. The van der Waals surface area contributed by atoms with E-state index in [2.05, 4.69) is 19.2 Å². The lowest BCUT2D eigenvalue weighted by Gasteiger charge is -2.23. The maximum atomic E-state index is 13.6. The van der Waals surface area contributed by atoms with E-state index in [1.807, 2.05) is 55.5 Å². The van der Waals surface area contributed by atoms with Gasteiger partial charge in [-0.25, -0.2) is 4.39 Å². The summed E-state index contributed by atoms with van der Waals surface area (Å²) in [6.45, 7) is 6.32. The van der Waals surface area contributed by atoms with Crippen LogP contribution >= 0.6 is 0 Å². The molecule has 0 heterocycles. The quantitative estimate of drug-likeness (QED) is 0.361. The second-order valence-corrected chi connectivity index (χ2v) is 9.30. The van der Waals surface area contributed by atoms with Crippen molar-refractivity contribution >= 4 is 11.8 Å². The van der Waals surface area contributed by atoms with Crippen LogP contribution in [0.5, 0.6) is 5.75 Å². The third-order valence-electron chi connectivity index (χ3n) is 5.83. The number of carbonyl (C=O) groups excluding carboxylic acids is 2. The van der Waals surface area contributed by atoms with Crippen LogP contribution in [0.2, 0.25) is 0 Å². The summed E-state index contributed by atoms with van der Waals surface area (Å²) in [6.07, 6.45) is 0.827. The van der Waals surface area contributed by atoms with Crippen molar-refractivity contribution in [2.24, 2.45) is 11.7 Å². The van der Waals surface area contributed by atoms with Crippen LogP contribution in [-0.2, 0) is 11.4 Å². The molecule has 0 aliphatic heterocycles. The Morgan fingerprint density at radius 2 is 1.66 bits per heavy atom. The highest BCUT2D eigenvalue weighted by molar-refractivity contribution is 5.96. The first-order valence-corrected chi connectivity index (χ1v) is 11.9. The summed E-state index contributed by atoms with van der Waals surface area (Å²) in [7, 11) is 0. The number of hydrogen-bond donors (Lipinski definition) is 2. The topological polar surface area (TPSA) is 81.4 Å². The van der Waals surface area contributed by atoms with E-state index in [9.17, 15) is 14.0 Å². The van der Waals surface area contributed by atoms with E-state index in [-0.39, 0.29) is 30.1 Å². The van der Waals surface area contributed by atoms with Gasteiger partial charge < -0.3 is 15.8 Å². The van der Waals surface area contributed by atoms with Crippen LogP contribution < -0.4 is 15.8 Å². The Morgan fingerprint density at radius 3 is 2.29 bits per heavy atom. The molecule has 2 atom stereocenters. The Morgan fingerprint density at radius 1 is 0.971 bits per heavy atom. The van der Waals surface area contributed by atoms with Gasteiger partial charge in [0.05, 0.1) is 6.04 Å². The van der Waals surface area contributed by atoms with E-state index in [1.165, 1.54) is 12.1 Å². The fourth-order valence-corrected chi connectivity index (χ4v) is 4.10. The van der Waals surface area contributed by atoms with Crippen LogP contribution in [0.3, 0.4) is 0 Å². The zero-order valence-corrected chi connectivity index (χ0v) is 20.5. The largest absolute Gasteiger partial charge is 0.489 e. The van der Waals surface area contributed by atoms with Crippen LogP contribution in [0, 0.1) is 11.7 Å². The number of ether oxygens (including phenoxy) is 1. The minimum Gasteiger partial charge on any atom is -0.489 e. The Kier molecular flexibility index (Phi) is 9.01. The van der Waals surface area contributed by atoms with Gasteiger partial charge in [0.2, 0.25) is 5.91 Å². The number of primary amides is 1. The number of para-hydroxylation sites is 1. The molecule has 0 bridgehead atoms. The van der Waals surface area contributed by atoms with Crippen molar-refractivity contribution in [1.82, 2.24) is 5.32 Å². The molecular weight excluding hydrogens is 443 g/mol. The zero-order chi connectivity index (χ0) is 25.4. The first-order valence-electron chi connectivity index (χ1n) is 11.9. The molecule has 3 N–H and O–H groups in total. The van der Waals surface area contributed by atoms with E-state index in [0.717, 1.165) is 22.4 Å². The number of hydrogen-bond acceptors (Lipinski definition) is 3. The van der Waals surface area contributed by atoms with Gasteiger partial charge in [0.25, 0.3) is 5.91 Å². The van der Waals surface area contributed by atoms with Crippen LogP contribution in [0.25, 0.3) is 0 Å². The predicted molar refractivity (Wildman–Crippen MR) is 136 cm³/mol. The molecule has 0 aliphatic carbocycles. The van der Waals surface area contributed by atoms with Crippen LogP contribution in [0.1, 0.15) is 72.6 Å². The molecule has 0 radical (unpaired) electrons. The third-order valence-corrected chi connectivity index (χ3v) is 5.83. The number of nitrogens with one attached hydrogen (secondary N) is 1. The highest BCUT2D eigenvalue weighted by atomic mass is 19.1. The molecule has 0 aliphatic rings. The molecule has 3 aromatic carbocycles. The van der Waals surface area contributed by atoms with Gasteiger partial charge in [-0.3, -0.25) is 9.59 Å². The normalized spacial score (nSPS) is 12.7. The average Bonchev–Trinajstić information content (AvgIpc) is 2.82. The molecule has 0 fully saturated rings. The lowest BCUT2D eigenvalue weighted by molar-refractivity contribution is -0.118. The SMILES string of the molecule is CC(C)CC(NC(=O)c1cc(COc2ccccc2)ccc1C(C)CC(N)=O)c1ccc(F)cc1. The van der Waals surface area contributed by atoms with Crippen molar-refractivity contribution in [3.05, 3.63) is 101 Å². The fourth-order valence-electron chi connectivity index (χ4n) is 4.10. The smallest absolute Gasteiger partial charge is 0.252 e. The van der Waals surface area contributed by atoms with Gasteiger partial charge in [0, 0.05) is 12.0 Å². The van der Waals surface area contributed by atoms with E-state index >= 15 is 0 Å². The number of rotatable bonds is 11. The molecule has 184 valence electrons. The molecule has 3 rings (SSSR count). The van der Waals surface area contributed by atoms with Crippen molar-refractivity contribution in [1.29, 1.82) is 0 Å². The van der Waals surface area contributed by atoms with Crippen molar-refractivity contribution in [2.45, 2.75) is 52.2 Å². The molecule has 0 spiro atoms. The summed E-state index contributed by atoms with van der Waals surface area (Å²) in [4.78, 5) is 25.1.